The standard InChI is InChI=1S/C28H23N5O3/c1-17-12-23(32-36-17)16-31-27(34)19-4-2-18(3-5-19)13-21-7-9-25(33-11-10-29-26(21)33)20-6-8-24-22(14-20)15-30-28(24)35/h2-12,14-15,30,35H,13,16H2,1H3,(H,31,34). The van der Waals surface area contributed by atoms with Crippen LogP contribution in [0.1, 0.15) is 32.9 Å². The van der Waals surface area contributed by atoms with Gasteiger partial charge in [-0.2, -0.15) is 0 Å². The number of nitrogens with one attached hydrogen (secondary N) is 2. The number of carbonyl (C=O) groups excluding carboxylic acids is 1. The van der Waals surface area contributed by atoms with Crippen LogP contribution in [0.2, 0.25) is 0 Å². The van der Waals surface area contributed by atoms with Crippen molar-refractivity contribution in [2.24, 2.45) is 0 Å². The molecule has 8 nitrogen and oxygen atoms in total. The minimum Gasteiger partial charge on any atom is -0.494 e. The number of nitrogens with zero attached hydrogens (tertiary/aromatic N) is 3. The average molecular weight is 478 g/mol. The minimum atomic E-state index is -0.157. The maximum atomic E-state index is 12.5. The Hall–Kier alpha value is -4.85. The number of pyridine rings is 1. The summed E-state index contributed by atoms with van der Waals surface area (Å²) < 4.78 is 7.11. The van der Waals surface area contributed by atoms with E-state index in [0.717, 1.165) is 38.8 Å². The van der Waals surface area contributed by atoms with Gasteiger partial charge >= 0.3 is 0 Å². The van der Waals surface area contributed by atoms with Crippen molar-refractivity contribution >= 4 is 22.3 Å². The van der Waals surface area contributed by atoms with E-state index in [9.17, 15) is 9.90 Å². The summed E-state index contributed by atoms with van der Waals surface area (Å²) in [5.74, 6) is 0.730. The smallest absolute Gasteiger partial charge is 0.251 e. The highest BCUT2D eigenvalue weighted by Crippen LogP contribution is 2.30. The number of amides is 1. The summed E-state index contributed by atoms with van der Waals surface area (Å²) in [6.07, 6.45) is 6.24. The molecule has 4 aromatic heterocycles. The highest BCUT2D eigenvalue weighted by Gasteiger charge is 2.12. The van der Waals surface area contributed by atoms with Crippen molar-refractivity contribution in [3.63, 3.8) is 0 Å². The molecule has 0 aliphatic heterocycles. The number of aromatic nitrogens is 4. The second-order valence-corrected chi connectivity index (χ2v) is 8.79. The Morgan fingerprint density at radius 2 is 1.97 bits per heavy atom. The fourth-order valence-electron chi connectivity index (χ4n) is 4.49. The van der Waals surface area contributed by atoms with Crippen LogP contribution >= 0.6 is 0 Å². The number of aromatic hydroxyl groups is 1. The predicted molar refractivity (Wildman–Crippen MR) is 136 cm³/mol. The molecule has 0 aliphatic rings. The van der Waals surface area contributed by atoms with Crippen molar-refractivity contribution in [2.75, 3.05) is 0 Å². The monoisotopic (exact) mass is 477 g/mol. The Morgan fingerprint density at radius 3 is 2.78 bits per heavy atom. The second kappa shape index (κ2) is 8.74. The van der Waals surface area contributed by atoms with Gasteiger partial charge in [0, 0.05) is 47.4 Å². The largest absolute Gasteiger partial charge is 0.494 e. The molecular formula is C28H23N5O3. The SMILES string of the molecule is Cc1cc(CNC(=O)c2ccc(Cc3ccc(-c4ccc5c(O)[nH]cc5c4)n4ccnc34)cc2)no1. The summed E-state index contributed by atoms with van der Waals surface area (Å²) in [6, 6.07) is 19.5. The molecule has 0 aliphatic carbocycles. The van der Waals surface area contributed by atoms with E-state index in [2.05, 4.69) is 37.0 Å². The molecule has 8 heteroatoms. The maximum absolute atomic E-state index is 12.5. The van der Waals surface area contributed by atoms with Crippen molar-refractivity contribution in [3.8, 4) is 17.1 Å². The first kappa shape index (κ1) is 21.7. The number of hydrogen-bond donors (Lipinski definition) is 3. The van der Waals surface area contributed by atoms with E-state index in [-0.39, 0.29) is 11.8 Å². The zero-order chi connectivity index (χ0) is 24.6. The molecule has 0 fully saturated rings. The predicted octanol–water partition coefficient (Wildman–Crippen LogP) is 5.01. The van der Waals surface area contributed by atoms with Crippen LogP contribution in [-0.4, -0.2) is 30.5 Å². The Kier molecular flexibility index (Phi) is 5.26. The van der Waals surface area contributed by atoms with Gasteiger partial charge in [-0.3, -0.25) is 9.20 Å². The average Bonchev–Trinajstić information content (AvgIpc) is 3.64. The summed E-state index contributed by atoms with van der Waals surface area (Å²) in [7, 11) is 0. The van der Waals surface area contributed by atoms with E-state index < -0.39 is 0 Å². The third kappa shape index (κ3) is 3.98. The lowest BCUT2D eigenvalue weighted by molar-refractivity contribution is 0.0950. The molecule has 0 unspecified atom stereocenters. The summed E-state index contributed by atoms with van der Waals surface area (Å²) in [5, 5.41) is 18.4. The molecule has 6 aromatic rings. The molecule has 0 saturated heterocycles. The third-order valence-corrected chi connectivity index (χ3v) is 6.31. The lowest BCUT2D eigenvalue weighted by atomic mass is 10.0. The number of benzene rings is 2. The van der Waals surface area contributed by atoms with Crippen LogP contribution in [0, 0.1) is 6.92 Å². The highest BCUT2D eigenvalue weighted by atomic mass is 16.5. The number of rotatable bonds is 6. The molecule has 4 heterocycles. The van der Waals surface area contributed by atoms with E-state index >= 15 is 0 Å². The zero-order valence-electron chi connectivity index (χ0n) is 19.5. The number of hydrogen-bond acceptors (Lipinski definition) is 5. The molecule has 0 bridgehead atoms. The van der Waals surface area contributed by atoms with Gasteiger partial charge in [-0.05, 0) is 53.9 Å². The van der Waals surface area contributed by atoms with Crippen molar-refractivity contribution in [2.45, 2.75) is 19.9 Å². The van der Waals surface area contributed by atoms with Gasteiger partial charge in [0.15, 0.2) is 5.88 Å². The van der Waals surface area contributed by atoms with Crippen molar-refractivity contribution in [1.29, 1.82) is 0 Å². The topological polar surface area (TPSA) is 108 Å². The number of fused-ring (bicyclic) bond motifs is 2. The molecule has 0 radical (unpaired) electrons. The fourth-order valence-corrected chi connectivity index (χ4v) is 4.49. The fraction of sp³-hybridized carbons (Fsp3) is 0.107. The minimum absolute atomic E-state index is 0.157. The Balaban J connectivity index is 1.21. The van der Waals surface area contributed by atoms with E-state index in [4.69, 9.17) is 4.52 Å². The van der Waals surface area contributed by atoms with Crippen LogP contribution in [0.5, 0.6) is 5.88 Å². The molecule has 178 valence electrons. The van der Waals surface area contributed by atoms with Gasteiger partial charge < -0.3 is 19.9 Å². The van der Waals surface area contributed by atoms with E-state index in [1.54, 1.807) is 18.5 Å². The van der Waals surface area contributed by atoms with Crippen LogP contribution in [0.25, 0.3) is 27.7 Å². The lowest BCUT2D eigenvalue weighted by Crippen LogP contribution is -2.22. The molecular weight excluding hydrogens is 454 g/mol. The Bertz CT molecular complexity index is 1710. The number of imidazole rings is 1. The van der Waals surface area contributed by atoms with Gasteiger partial charge in [-0.1, -0.05) is 29.4 Å². The Labute approximate surface area is 206 Å². The van der Waals surface area contributed by atoms with Crippen molar-refractivity contribution in [1.82, 2.24) is 24.8 Å². The molecule has 3 N–H and O–H groups in total. The lowest BCUT2D eigenvalue weighted by Gasteiger charge is -2.11. The molecule has 2 aromatic carbocycles. The van der Waals surface area contributed by atoms with Gasteiger partial charge in [0.2, 0.25) is 0 Å². The molecule has 1 amide bonds. The van der Waals surface area contributed by atoms with Gasteiger partial charge in [0.1, 0.15) is 17.1 Å². The van der Waals surface area contributed by atoms with Gasteiger partial charge in [-0.15, -0.1) is 0 Å². The summed E-state index contributed by atoms with van der Waals surface area (Å²) in [5.41, 5.74) is 6.38. The normalized spacial score (nSPS) is 11.4. The quantitative estimate of drug-likeness (QED) is 0.313. The van der Waals surface area contributed by atoms with Gasteiger partial charge in [0.05, 0.1) is 12.2 Å². The first-order valence-electron chi connectivity index (χ1n) is 11.6. The summed E-state index contributed by atoms with van der Waals surface area (Å²) >= 11 is 0. The van der Waals surface area contributed by atoms with Crippen LogP contribution in [-0.2, 0) is 13.0 Å². The molecule has 36 heavy (non-hydrogen) atoms. The molecule has 6 rings (SSSR count). The van der Waals surface area contributed by atoms with Crippen molar-refractivity contribution < 1.29 is 14.4 Å². The number of carbonyl (C=O) groups is 1. The molecule has 0 atom stereocenters. The summed E-state index contributed by atoms with van der Waals surface area (Å²) in [4.78, 5) is 20.0. The van der Waals surface area contributed by atoms with E-state index in [1.165, 1.54) is 0 Å². The van der Waals surface area contributed by atoms with E-state index in [0.29, 0.717) is 30.0 Å². The Morgan fingerprint density at radius 1 is 1.11 bits per heavy atom. The zero-order valence-corrected chi connectivity index (χ0v) is 19.5. The van der Waals surface area contributed by atoms with Gasteiger partial charge in [-0.25, -0.2) is 4.98 Å². The number of H-pyrrole nitrogens is 1. The summed E-state index contributed by atoms with van der Waals surface area (Å²) in [6.45, 7) is 2.14. The maximum Gasteiger partial charge on any atom is 0.251 e. The van der Waals surface area contributed by atoms with Gasteiger partial charge in [0.25, 0.3) is 5.91 Å². The molecule has 0 saturated carbocycles. The third-order valence-electron chi connectivity index (χ3n) is 6.31. The van der Waals surface area contributed by atoms with Crippen LogP contribution < -0.4 is 5.32 Å². The first-order chi connectivity index (χ1) is 17.5. The van der Waals surface area contributed by atoms with E-state index in [1.807, 2.05) is 55.6 Å². The highest BCUT2D eigenvalue weighted by molar-refractivity contribution is 5.94. The van der Waals surface area contributed by atoms with Crippen LogP contribution in [0.3, 0.4) is 0 Å². The van der Waals surface area contributed by atoms with Crippen LogP contribution in [0.4, 0.5) is 0 Å². The van der Waals surface area contributed by atoms with Crippen molar-refractivity contribution in [3.05, 3.63) is 107 Å². The number of aryl methyl sites for hydroxylation is 1. The van der Waals surface area contributed by atoms with Crippen LogP contribution in [0.15, 0.2) is 83.8 Å². The number of aromatic amines is 1. The second-order valence-electron chi connectivity index (χ2n) is 8.79. The molecule has 0 spiro atoms. The first-order valence-corrected chi connectivity index (χ1v) is 11.6.